The lowest BCUT2D eigenvalue weighted by Crippen LogP contribution is -2.49. The molecule has 5 heterocycles. The Hall–Kier alpha value is -5.25. The minimum absolute atomic E-state index is 0.0714. The van der Waals surface area contributed by atoms with Gasteiger partial charge in [-0.2, -0.15) is 5.26 Å². The normalized spacial score (nSPS) is 16.9. The number of carbonyl (C=O) groups is 2. The number of benzene rings is 1. The summed E-state index contributed by atoms with van der Waals surface area (Å²) in [7, 11) is 0. The largest absolute Gasteiger partial charge is 0.445 e. The van der Waals surface area contributed by atoms with Crippen LogP contribution in [-0.4, -0.2) is 86.5 Å². The Morgan fingerprint density at radius 2 is 1.86 bits per heavy atom. The Morgan fingerprint density at radius 1 is 1.05 bits per heavy atom. The Bertz CT molecular complexity index is 1680. The first-order chi connectivity index (χ1) is 21.5. The molecule has 2 amide bonds. The Kier molecular flexibility index (Phi) is 8.49. The standard InChI is InChI=1S/C31H32FN9O3/c32-23-8-9-27-34-18-25(41(27)19-23)30-36-26(35-24-7-4-12-40(20-24)29(42)10-11-33)17-28(37-30)38-13-15-39(16-14-38)31(43)44-21-22-5-2-1-3-6-22/h1-3,5-6,8-9,17-19,24H,4,7,10,12-16,20-21H2,(H,35,36,37)/t24-/m1/s1. The van der Waals surface area contributed by atoms with Crippen molar-refractivity contribution in [2.75, 3.05) is 49.5 Å². The SMILES string of the molecule is N#CCC(=O)N1CCC[C@@H](Nc2cc(N3CCN(C(=O)OCc4ccccc4)CC3)nc(-c3cnc4ccc(F)cn34)n2)C1. The van der Waals surface area contributed by atoms with Gasteiger partial charge >= 0.3 is 6.09 Å². The molecule has 0 aliphatic carbocycles. The molecule has 12 nitrogen and oxygen atoms in total. The molecular formula is C31H32FN9O3. The van der Waals surface area contributed by atoms with Crippen molar-refractivity contribution in [2.24, 2.45) is 0 Å². The first-order valence-corrected chi connectivity index (χ1v) is 14.6. The van der Waals surface area contributed by atoms with E-state index >= 15 is 0 Å². The van der Waals surface area contributed by atoms with E-state index in [-0.39, 0.29) is 31.1 Å². The third-order valence-corrected chi connectivity index (χ3v) is 7.83. The molecule has 6 rings (SSSR count). The van der Waals surface area contributed by atoms with Gasteiger partial charge in [0.2, 0.25) is 5.91 Å². The molecule has 2 aliphatic heterocycles. The molecule has 1 N–H and O–H groups in total. The van der Waals surface area contributed by atoms with Crippen molar-refractivity contribution in [1.82, 2.24) is 29.2 Å². The van der Waals surface area contributed by atoms with Gasteiger partial charge in [-0.1, -0.05) is 30.3 Å². The van der Waals surface area contributed by atoms with Crippen LogP contribution in [0.4, 0.5) is 20.8 Å². The van der Waals surface area contributed by atoms with Crippen molar-refractivity contribution < 1.29 is 18.7 Å². The molecule has 2 saturated heterocycles. The lowest BCUT2D eigenvalue weighted by molar-refractivity contribution is -0.131. The Labute approximate surface area is 253 Å². The van der Waals surface area contributed by atoms with Gasteiger partial charge in [0.1, 0.15) is 41.8 Å². The third kappa shape index (κ3) is 6.54. The molecule has 0 spiro atoms. The van der Waals surface area contributed by atoms with Gasteiger partial charge in [-0.15, -0.1) is 0 Å². The summed E-state index contributed by atoms with van der Waals surface area (Å²) >= 11 is 0. The number of pyridine rings is 1. The number of rotatable bonds is 7. The zero-order chi connectivity index (χ0) is 30.5. The Balaban J connectivity index is 1.21. The summed E-state index contributed by atoms with van der Waals surface area (Å²) in [5, 5.41) is 12.4. The average Bonchev–Trinajstić information content (AvgIpc) is 3.47. The molecule has 0 radical (unpaired) electrons. The van der Waals surface area contributed by atoms with Crippen LogP contribution >= 0.6 is 0 Å². The summed E-state index contributed by atoms with van der Waals surface area (Å²) in [5.74, 6) is 0.970. The second-order valence-corrected chi connectivity index (χ2v) is 10.8. The van der Waals surface area contributed by atoms with Crippen LogP contribution in [0.5, 0.6) is 0 Å². The molecule has 2 aliphatic rings. The van der Waals surface area contributed by atoms with E-state index < -0.39 is 5.82 Å². The average molecular weight is 598 g/mol. The number of hydrogen-bond acceptors (Lipinski definition) is 9. The van der Waals surface area contributed by atoms with E-state index in [1.807, 2.05) is 42.5 Å². The lowest BCUT2D eigenvalue weighted by atomic mass is 10.1. The van der Waals surface area contributed by atoms with Crippen LogP contribution in [0.25, 0.3) is 17.2 Å². The van der Waals surface area contributed by atoms with E-state index in [1.54, 1.807) is 26.5 Å². The number of likely N-dealkylation sites (tertiary alicyclic amines) is 1. The topological polar surface area (TPSA) is 132 Å². The predicted molar refractivity (Wildman–Crippen MR) is 160 cm³/mol. The molecule has 1 aromatic carbocycles. The van der Waals surface area contributed by atoms with Gasteiger partial charge in [-0.3, -0.25) is 9.20 Å². The number of carbonyl (C=O) groups excluding carboxylic acids is 2. The number of fused-ring (bicyclic) bond motifs is 1. The van der Waals surface area contributed by atoms with E-state index in [1.165, 1.54) is 12.3 Å². The zero-order valence-corrected chi connectivity index (χ0v) is 24.1. The van der Waals surface area contributed by atoms with E-state index in [0.29, 0.717) is 68.1 Å². The van der Waals surface area contributed by atoms with E-state index in [4.69, 9.17) is 20.0 Å². The predicted octanol–water partition coefficient (Wildman–Crippen LogP) is 3.71. The van der Waals surface area contributed by atoms with Gasteiger partial charge in [-0.05, 0) is 30.5 Å². The molecule has 0 saturated carbocycles. The molecular weight excluding hydrogens is 565 g/mol. The number of anilines is 2. The fraction of sp³-hybridized carbons (Fsp3) is 0.355. The summed E-state index contributed by atoms with van der Waals surface area (Å²) < 4.78 is 21.3. The van der Waals surface area contributed by atoms with Gasteiger partial charge < -0.3 is 24.8 Å². The van der Waals surface area contributed by atoms with Crippen molar-refractivity contribution in [3.63, 3.8) is 0 Å². The van der Waals surface area contributed by atoms with Crippen LogP contribution < -0.4 is 10.2 Å². The van der Waals surface area contributed by atoms with Crippen LogP contribution in [0.2, 0.25) is 0 Å². The van der Waals surface area contributed by atoms with Crippen LogP contribution in [0.15, 0.2) is 60.9 Å². The summed E-state index contributed by atoms with van der Waals surface area (Å²) in [6.45, 7) is 3.25. The van der Waals surface area contributed by atoms with Crippen LogP contribution in [0.3, 0.4) is 0 Å². The highest BCUT2D eigenvalue weighted by molar-refractivity contribution is 5.78. The molecule has 44 heavy (non-hydrogen) atoms. The smallest absolute Gasteiger partial charge is 0.410 e. The third-order valence-electron chi connectivity index (χ3n) is 7.83. The molecule has 226 valence electrons. The van der Waals surface area contributed by atoms with Crippen molar-refractivity contribution >= 4 is 29.3 Å². The van der Waals surface area contributed by atoms with Gasteiger partial charge in [0.15, 0.2) is 5.82 Å². The second-order valence-electron chi connectivity index (χ2n) is 10.8. The van der Waals surface area contributed by atoms with Gasteiger partial charge in [-0.25, -0.2) is 24.1 Å². The summed E-state index contributed by atoms with van der Waals surface area (Å²) in [6, 6.07) is 16.2. The number of halogens is 1. The quantitative estimate of drug-likeness (QED) is 0.339. The highest BCUT2D eigenvalue weighted by Crippen LogP contribution is 2.26. The van der Waals surface area contributed by atoms with Crippen molar-refractivity contribution in [1.29, 1.82) is 5.26 Å². The maximum Gasteiger partial charge on any atom is 0.410 e. The second kappa shape index (κ2) is 12.9. The molecule has 0 unspecified atom stereocenters. The number of piperidine rings is 1. The van der Waals surface area contributed by atoms with Gasteiger partial charge in [0.05, 0.1) is 12.3 Å². The fourth-order valence-electron chi connectivity index (χ4n) is 5.54. The van der Waals surface area contributed by atoms with E-state index in [0.717, 1.165) is 18.4 Å². The fourth-order valence-corrected chi connectivity index (χ4v) is 5.54. The highest BCUT2D eigenvalue weighted by atomic mass is 19.1. The summed E-state index contributed by atoms with van der Waals surface area (Å²) in [4.78, 5) is 44.6. The molecule has 2 fully saturated rings. The molecule has 1 atom stereocenters. The highest BCUT2D eigenvalue weighted by Gasteiger charge is 2.27. The number of imidazole rings is 1. The number of nitrogens with one attached hydrogen (secondary N) is 1. The molecule has 4 aromatic rings. The minimum Gasteiger partial charge on any atom is -0.445 e. The summed E-state index contributed by atoms with van der Waals surface area (Å²) in [6.07, 6.45) is 4.08. The van der Waals surface area contributed by atoms with Crippen LogP contribution in [-0.2, 0) is 16.1 Å². The minimum atomic E-state index is -0.411. The van der Waals surface area contributed by atoms with Crippen LogP contribution in [0, 0.1) is 17.1 Å². The molecule has 13 heteroatoms. The number of ether oxygens (including phenoxy) is 1. The number of aromatic nitrogens is 4. The van der Waals surface area contributed by atoms with Crippen LogP contribution in [0.1, 0.15) is 24.8 Å². The number of amides is 2. The van der Waals surface area contributed by atoms with Crippen molar-refractivity contribution in [2.45, 2.75) is 31.9 Å². The number of hydrogen-bond donors (Lipinski definition) is 1. The maximum absolute atomic E-state index is 14.2. The Morgan fingerprint density at radius 3 is 2.66 bits per heavy atom. The molecule has 3 aromatic heterocycles. The van der Waals surface area contributed by atoms with Gasteiger partial charge in [0, 0.05) is 57.6 Å². The van der Waals surface area contributed by atoms with Crippen molar-refractivity contribution in [3.8, 4) is 17.6 Å². The number of nitriles is 1. The maximum atomic E-state index is 14.2. The first kappa shape index (κ1) is 28.9. The monoisotopic (exact) mass is 597 g/mol. The number of piperazine rings is 1. The van der Waals surface area contributed by atoms with E-state index in [2.05, 4.69) is 15.2 Å². The summed E-state index contributed by atoms with van der Waals surface area (Å²) in [5.41, 5.74) is 2.02. The van der Waals surface area contributed by atoms with E-state index in [9.17, 15) is 14.0 Å². The zero-order valence-electron chi connectivity index (χ0n) is 24.1. The first-order valence-electron chi connectivity index (χ1n) is 14.6. The van der Waals surface area contributed by atoms with Gasteiger partial charge in [0.25, 0.3) is 0 Å². The number of nitrogens with zero attached hydrogens (tertiary/aromatic N) is 8. The van der Waals surface area contributed by atoms with Crippen molar-refractivity contribution in [3.05, 3.63) is 72.3 Å². The molecule has 0 bridgehead atoms. The lowest BCUT2D eigenvalue weighted by Gasteiger charge is -2.35.